The second-order valence-electron chi connectivity index (χ2n) is 3.88. The maximum Gasteiger partial charge on any atom is 0.298 e. The number of hydrogen-bond acceptors (Lipinski definition) is 3. The van der Waals surface area contributed by atoms with Crippen LogP contribution in [-0.4, -0.2) is 14.7 Å². The summed E-state index contributed by atoms with van der Waals surface area (Å²) < 4.78 is 28.8. The van der Waals surface area contributed by atoms with Crippen molar-refractivity contribution in [2.24, 2.45) is 0 Å². The fraction of sp³-hybridized carbons (Fsp3) is 0.182. The predicted molar refractivity (Wildman–Crippen MR) is 67.3 cm³/mol. The van der Waals surface area contributed by atoms with Gasteiger partial charge in [0.15, 0.2) is 17.3 Å². The van der Waals surface area contributed by atoms with Crippen molar-refractivity contribution in [1.29, 1.82) is 0 Å². The lowest BCUT2D eigenvalue weighted by Gasteiger charge is -2.07. The first-order valence-electron chi connectivity index (χ1n) is 5.19. The Morgan fingerprint density at radius 2 is 2.00 bits per heavy atom. The average molecular weight is 332 g/mol. The minimum Gasteiger partial charge on any atom is -0.258 e. The minimum atomic E-state index is -1.30. The third-order valence-corrected chi connectivity index (χ3v) is 3.81. The molecule has 0 bridgehead atoms. The van der Waals surface area contributed by atoms with Crippen molar-refractivity contribution in [2.75, 3.05) is 0 Å². The maximum absolute atomic E-state index is 13.9. The zero-order valence-corrected chi connectivity index (χ0v) is 11.5. The fourth-order valence-corrected chi connectivity index (χ4v) is 1.97. The minimum absolute atomic E-state index is 0.449. The van der Waals surface area contributed by atoms with Crippen molar-refractivity contribution in [2.45, 2.75) is 13.8 Å². The van der Waals surface area contributed by atoms with E-state index in [9.17, 15) is 18.9 Å². The molecule has 100 valence electrons. The van der Waals surface area contributed by atoms with Gasteiger partial charge in [-0.1, -0.05) is 0 Å². The lowest BCUT2D eigenvalue weighted by molar-refractivity contribution is -0.384. The van der Waals surface area contributed by atoms with E-state index in [2.05, 4.69) is 21.0 Å². The van der Waals surface area contributed by atoms with Gasteiger partial charge in [-0.25, -0.2) is 13.5 Å². The molecule has 0 amide bonds. The SMILES string of the molecule is Cc1nn(-c2c([N+](=O)[O-])ccc(F)c2F)c(C)c1Br. The number of nitrogens with zero attached hydrogens (tertiary/aromatic N) is 3. The molecule has 0 spiro atoms. The Hall–Kier alpha value is -1.83. The van der Waals surface area contributed by atoms with Gasteiger partial charge in [0.1, 0.15) is 0 Å². The highest BCUT2D eigenvalue weighted by Gasteiger charge is 2.26. The van der Waals surface area contributed by atoms with Crippen molar-refractivity contribution in [3.8, 4) is 5.69 Å². The molecule has 1 aromatic heterocycles. The molecule has 5 nitrogen and oxygen atoms in total. The molecule has 8 heteroatoms. The van der Waals surface area contributed by atoms with Crippen LogP contribution in [0.3, 0.4) is 0 Å². The van der Waals surface area contributed by atoms with E-state index >= 15 is 0 Å². The molecule has 0 N–H and O–H groups in total. The monoisotopic (exact) mass is 331 g/mol. The molecule has 1 aromatic carbocycles. The molecule has 1 heterocycles. The zero-order chi connectivity index (χ0) is 14.3. The highest BCUT2D eigenvalue weighted by molar-refractivity contribution is 9.10. The second-order valence-corrected chi connectivity index (χ2v) is 4.68. The van der Waals surface area contributed by atoms with E-state index in [1.165, 1.54) is 0 Å². The summed E-state index contributed by atoms with van der Waals surface area (Å²) >= 11 is 3.23. The number of benzene rings is 1. The molecule has 2 aromatic rings. The van der Waals surface area contributed by atoms with Crippen molar-refractivity contribution < 1.29 is 13.7 Å². The number of aromatic nitrogens is 2. The van der Waals surface area contributed by atoms with Crippen LogP contribution in [0, 0.1) is 35.6 Å². The van der Waals surface area contributed by atoms with Gasteiger partial charge in [-0.05, 0) is 35.8 Å². The molecule has 0 radical (unpaired) electrons. The Labute approximate surface area is 115 Å². The van der Waals surface area contributed by atoms with E-state index in [1.807, 2.05) is 0 Å². The molecule has 0 saturated heterocycles. The van der Waals surface area contributed by atoms with E-state index < -0.39 is 27.9 Å². The first kappa shape index (κ1) is 13.6. The van der Waals surface area contributed by atoms with Crippen LogP contribution in [0.25, 0.3) is 5.69 Å². The summed E-state index contributed by atoms with van der Waals surface area (Å²) in [7, 11) is 0. The lowest BCUT2D eigenvalue weighted by Crippen LogP contribution is -2.08. The van der Waals surface area contributed by atoms with E-state index in [0.29, 0.717) is 15.9 Å². The van der Waals surface area contributed by atoms with Gasteiger partial charge >= 0.3 is 0 Å². The van der Waals surface area contributed by atoms with Crippen molar-refractivity contribution >= 4 is 21.6 Å². The lowest BCUT2D eigenvalue weighted by atomic mass is 10.2. The van der Waals surface area contributed by atoms with Crippen molar-refractivity contribution in [1.82, 2.24) is 9.78 Å². The fourth-order valence-electron chi connectivity index (χ4n) is 1.72. The summed E-state index contributed by atoms with van der Waals surface area (Å²) in [6, 6.07) is 1.63. The van der Waals surface area contributed by atoms with E-state index in [-0.39, 0.29) is 0 Å². The summed E-state index contributed by atoms with van der Waals surface area (Å²) in [6.45, 7) is 3.24. The quantitative estimate of drug-likeness (QED) is 0.625. The molecule has 2 rings (SSSR count). The van der Waals surface area contributed by atoms with Gasteiger partial charge in [-0.2, -0.15) is 5.10 Å². The highest BCUT2D eigenvalue weighted by Crippen LogP contribution is 2.31. The first-order chi connectivity index (χ1) is 8.84. The van der Waals surface area contributed by atoms with E-state index in [4.69, 9.17) is 0 Å². The topological polar surface area (TPSA) is 61.0 Å². The van der Waals surface area contributed by atoms with E-state index in [0.717, 1.165) is 16.8 Å². The van der Waals surface area contributed by atoms with Crippen LogP contribution in [0.4, 0.5) is 14.5 Å². The molecule has 0 aliphatic carbocycles. The van der Waals surface area contributed by atoms with Crippen LogP contribution < -0.4 is 0 Å². The molecule has 0 fully saturated rings. The number of nitro groups is 1. The number of rotatable bonds is 2. The van der Waals surface area contributed by atoms with Gasteiger partial charge in [0.05, 0.1) is 20.8 Å². The Morgan fingerprint density at radius 1 is 1.37 bits per heavy atom. The van der Waals surface area contributed by atoms with Crippen molar-refractivity contribution in [3.63, 3.8) is 0 Å². The Bertz CT molecular complexity index is 685. The number of nitro benzene ring substituents is 1. The molecule has 19 heavy (non-hydrogen) atoms. The average Bonchev–Trinajstić information content (AvgIpc) is 2.60. The molecular weight excluding hydrogens is 324 g/mol. The Kier molecular flexibility index (Phi) is 3.36. The maximum atomic E-state index is 13.9. The van der Waals surface area contributed by atoms with Gasteiger partial charge in [-0.3, -0.25) is 10.1 Å². The summed E-state index contributed by atoms with van der Waals surface area (Å²) in [4.78, 5) is 10.1. The van der Waals surface area contributed by atoms with E-state index in [1.54, 1.807) is 13.8 Å². The normalized spacial score (nSPS) is 10.8. The van der Waals surface area contributed by atoms with Gasteiger partial charge in [0.2, 0.25) is 0 Å². The van der Waals surface area contributed by atoms with Gasteiger partial charge in [0, 0.05) is 6.07 Å². The van der Waals surface area contributed by atoms with Crippen LogP contribution in [0.2, 0.25) is 0 Å². The Morgan fingerprint density at radius 3 is 2.47 bits per heavy atom. The summed E-state index contributed by atoms with van der Waals surface area (Å²) in [5.41, 5.74) is -0.0751. The number of halogens is 3. The molecule has 0 aliphatic heterocycles. The molecule has 0 atom stereocenters. The van der Waals surface area contributed by atoms with Gasteiger partial charge in [0.25, 0.3) is 5.69 Å². The van der Waals surface area contributed by atoms with Crippen LogP contribution in [0.15, 0.2) is 16.6 Å². The van der Waals surface area contributed by atoms with Crippen LogP contribution in [0.5, 0.6) is 0 Å². The summed E-state index contributed by atoms with van der Waals surface area (Å²) in [5.74, 6) is -2.46. The smallest absolute Gasteiger partial charge is 0.258 e. The Balaban J connectivity index is 2.84. The van der Waals surface area contributed by atoms with Gasteiger partial charge in [-0.15, -0.1) is 0 Å². The van der Waals surface area contributed by atoms with Crippen molar-refractivity contribution in [3.05, 3.63) is 49.7 Å². The third-order valence-electron chi connectivity index (χ3n) is 2.66. The van der Waals surface area contributed by atoms with Crippen LogP contribution in [-0.2, 0) is 0 Å². The highest BCUT2D eigenvalue weighted by atomic mass is 79.9. The standard InChI is InChI=1S/C11H8BrF2N3O2/c1-5-9(12)6(2)16(15-5)11-8(17(18)19)4-3-7(13)10(11)14/h3-4H,1-2H3. The second kappa shape index (κ2) is 4.69. The predicted octanol–water partition coefficient (Wildman–Crippen LogP) is 3.44. The molecule has 0 aliphatic rings. The summed E-state index contributed by atoms with van der Waals surface area (Å²) in [5, 5.41) is 14.9. The van der Waals surface area contributed by atoms with Gasteiger partial charge < -0.3 is 0 Å². The van der Waals surface area contributed by atoms with Crippen LogP contribution in [0.1, 0.15) is 11.4 Å². The molecule has 0 saturated carbocycles. The molecular formula is C11H8BrF2N3O2. The third kappa shape index (κ3) is 2.12. The van der Waals surface area contributed by atoms with Crippen LogP contribution >= 0.6 is 15.9 Å². The molecule has 0 unspecified atom stereocenters. The number of aryl methyl sites for hydroxylation is 1. The summed E-state index contributed by atoms with van der Waals surface area (Å²) in [6.07, 6.45) is 0. The largest absolute Gasteiger partial charge is 0.298 e. The number of hydrogen-bond donors (Lipinski definition) is 0. The first-order valence-corrected chi connectivity index (χ1v) is 5.98. The zero-order valence-electron chi connectivity index (χ0n) is 9.95.